The molecule has 1 rings (SSSR count). The number of methoxy groups -OCH3 is 1. The summed E-state index contributed by atoms with van der Waals surface area (Å²) < 4.78 is 10.1. The molecule has 0 radical (unpaired) electrons. The van der Waals surface area contributed by atoms with Gasteiger partial charge in [-0.05, 0) is 44.0 Å². The van der Waals surface area contributed by atoms with Gasteiger partial charge in [0.2, 0.25) is 0 Å². The zero-order chi connectivity index (χ0) is 11.4. The van der Waals surface area contributed by atoms with E-state index < -0.39 is 0 Å². The lowest BCUT2D eigenvalue weighted by Gasteiger charge is -2.11. The van der Waals surface area contributed by atoms with Crippen LogP contribution >= 0.6 is 0 Å². The number of hydrogen-bond donors (Lipinski definition) is 0. The molecule has 0 heterocycles. The molecule has 82 valence electrons. The van der Waals surface area contributed by atoms with E-state index in [4.69, 9.17) is 9.47 Å². The van der Waals surface area contributed by atoms with Crippen LogP contribution < -0.4 is 4.74 Å². The Morgan fingerprint density at radius 2 is 1.93 bits per heavy atom. The highest BCUT2D eigenvalue weighted by Crippen LogP contribution is 2.24. The molecule has 0 fully saturated rings. The van der Waals surface area contributed by atoms with Crippen molar-refractivity contribution in [1.82, 2.24) is 0 Å². The Labute approximate surface area is 90.0 Å². The first-order valence-corrected chi connectivity index (χ1v) is 4.93. The van der Waals surface area contributed by atoms with Crippen molar-refractivity contribution >= 4 is 5.97 Å². The number of rotatable bonds is 3. The van der Waals surface area contributed by atoms with E-state index in [1.807, 2.05) is 13.8 Å². The number of carbonyl (C=O) groups excluding carboxylic acids is 1. The van der Waals surface area contributed by atoms with Crippen molar-refractivity contribution in [2.24, 2.45) is 0 Å². The third-order valence-corrected chi connectivity index (χ3v) is 2.45. The lowest BCUT2D eigenvalue weighted by Crippen LogP contribution is -2.08. The van der Waals surface area contributed by atoms with Gasteiger partial charge in [-0.15, -0.1) is 0 Å². The van der Waals surface area contributed by atoms with E-state index in [2.05, 4.69) is 0 Å². The Morgan fingerprint density at radius 1 is 1.27 bits per heavy atom. The second-order valence-electron chi connectivity index (χ2n) is 3.29. The predicted molar refractivity (Wildman–Crippen MR) is 58.4 cm³/mol. The van der Waals surface area contributed by atoms with Crippen LogP contribution in [-0.2, 0) is 4.74 Å². The zero-order valence-electron chi connectivity index (χ0n) is 9.59. The molecular weight excluding hydrogens is 192 g/mol. The average molecular weight is 208 g/mol. The van der Waals surface area contributed by atoms with Crippen LogP contribution in [0, 0.1) is 13.8 Å². The fourth-order valence-corrected chi connectivity index (χ4v) is 1.45. The van der Waals surface area contributed by atoms with Gasteiger partial charge >= 0.3 is 5.97 Å². The summed E-state index contributed by atoms with van der Waals surface area (Å²) in [6.07, 6.45) is 0. The number of carbonyl (C=O) groups is 1. The molecule has 1 aromatic rings. The van der Waals surface area contributed by atoms with Crippen LogP contribution in [0.2, 0.25) is 0 Å². The lowest BCUT2D eigenvalue weighted by molar-refractivity contribution is 0.0525. The molecule has 0 aromatic heterocycles. The van der Waals surface area contributed by atoms with Gasteiger partial charge in [0.15, 0.2) is 0 Å². The Morgan fingerprint density at radius 3 is 2.47 bits per heavy atom. The van der Waals surface area contributed by atoms with Gasteiger partial charge in [-0.2, -0.15) is 0 Å². The van der Waals surface area contributed by atoms with Gasteiger partial charge in [-0.3, -0.25) is 0 Å². The van der Waals surface area contributed by atoms with Gasteiger partial charge in [0.25, 0.3) is 0 Å². The standard InChI is InChI=1S/C12H16O3/c1-5-15-12(13)10-6-7-11(14-4)9(3)8(10)2/h6-7H,5H2,1-4H3. The second-order valence-corrected chi connectivity index (χ2v) is 3.29. The molecule has 0 aliphatic rings. The third kappa shape index (κ3) is 2.29. The molecule has 0 bridgehead atoms. The largest absolute Gasteiger partial charge is 0.496 e. The van der Waals surface area contributed by atoms with E-state index in [-0.39, 0.29) is 5.97 Å². The molecule has 0 saturated carbocycles. The van der Waals surface area contributed by atoms with Crippen molar-refractivity contribution in [2.45, 2.75) is 20.8 Å². The quantitative estimate of drug-likeness (QED) is 0.716. The average Bonchev–Trinajstić information content (AvgIpc) is 2.22. The van der Waals surface area contributed by atoms with E-state index in [1.54, 1.807) is 26.2 Å². The first-order valence-electron chi connectivity index (χ1n) is 4.93. The monoisotopic (exact) mass is 208 g/mol. The highest BCUT2D eigenvalue weighted by Gasteiger charge is 2.13. The van der Waals surface area contributed by atoms with Crippen LogP contribution in [0.3, 0.4) is 0 Å². The van der Waals surface area contributed by atoms with Crippen molar-refractivity contribution in [3.05, 3.63) is 28.8 Å². The molecule has 0 amide bonds. The van der Waals surface area contributed by atoms with Crippen LogP contribution in [0.1, 0.15) is 28.4 Å². The minimum Gasteiger partial charge on any atom is -0.496 e. The fourth-order valence-electron chi connectivity index (χ4n) is 1.45. The smallest absolute Gasteiger partial charge is 0.338 e. The summed E-state index contributed by atoms with van der Waals surface area (Å²) in [7, 11) is 1.62. The molecule has 3 nitrogen and oxygen atoms in total. The summed E-state index contributed by atoms with van der Waals surface area (Å²) >= 11 is 0. The van der Waals surface area contributed by atoms with Crippen molar-refractivity contribution < 1.29 is 14.3 Å². The Balaban J connectivity index is 3.11. The van der Waals surface area contributed by atoms with E-state index in [0.717, 1.165) is 16.9 Å². The summed E-state index contributed by atoms with van der Waals surface area (Å²) in [5.41, 5.74) is 2.49. The van der Waals surface area contributed by atoms with Crippen LogP contribution in [-0.4, -0.2) is 19.7 Å². The number of benzene rings is 1. The van der Waals surface area contributed by atoms with E-state index >= 15 is 0 Å². The number of ether oxygens (including phenoxy) is 2. The van der Waals surface area contributed by atoms with Gasteiger partial charge in [0.05, 0.1) is 19.3 Å². The molecule has 0 unspecified atom stereocenters. The van der Waals surface area contributed by atoms with Gasteiger partial charge in [-0.25, -0.2) is 4.79 Å². The number of esters is 1. The Kier molecular flexibility index (Phi) is 3.72. The van der Waals surface area contributed by atoms with Gasteiger partial charge in [0.1, 0.15) is 5.75 Å². The minimum absolute atomic E-state index is 0.277. The zero-order valence-corrected chi connectivity index (χ0v) is 9.59. The van der Waals surface area contributed by atoms with Crippen molar-refractivity contribution in [3.63, 3.8) is 0 Å². The van der Waals surface area contributed by atoms with Crippen molar-refractivity contribution in [1.29, 1.82) is 0 Å². The molecule has 0 saturated heterocycles. The summed E-state index contributed by atoms with van der Waals surface area (Å²) in [5.74, 6) is 0.515. The van der Waals surface area contributed by atoms with Crippen LogP contribution in [0.25, 0.3) is 0 Å². The minimum atomic E-state index is -0.277. The highest BCUT2D eigenvalue weighted by atomic mass is 16.5. The van der Waals surface area contributed by atoms with E-state index in [9.17, 15) is 4.79 Å². The molecular formula is C12H16O3. The maximum Gasteiger partial charge on any atom is 0.338 e. The van der Waals surface area contributed by atoms with Crippen LogP contribution in [0.4, 0.5) is 0 Å². The summed E-state index contributed by atoms with van der Waals surface area (Å²) in [5, 5.41) is 0. The molecule has 0 N–H and O–H groups in total. The summed E-state index contributed by atoms with van der Waals surface area (Å²) in [6, 6.07) is 3.52. The first-order chi connectivity index (χ1) is 7.11. The molecule has 0 aliphatic heterocycles. The molecule has 3 heteroatoms. The normalized spacial score (nSPS) is 9.87. The topological polar surface area (TPSA) is 35.5 Å². The van der Waals surface area contributed by atoms with E-state index in [0.29, 0.717) is 12.2 Å². The second kappa shape index (κ2) is 4.82. The first kappa shape index (κ1) is 11.6. The highest BCUT2D eigenvalue weighted by molar-refractivity contribution is 5.91. The van der Waals surface area contributed by atoms with Crippen molar-refractivity contribution in [2.75, 3.05) is 13.7 Å². The van der Waals surface area contributed by atoms with Crippen molar-refractivity contribution in [3.8, 4) is 5.75 Å². The molecule has 15 heavy (non-hydrogen) atoms. The third-order valence-electron chi connectivity index (χ3n) is 2.45. The van der Waals surface area contributed by atoms with Gasteiger partial charge < -0.3 is 9.47 Å². The SMILES string of the molecule is CCOC(=O)c1ccc(OC)c(C)c1C. The molecule has 0 atom stereocenters. The van der Waals surface area contributed by atoms with Gasteiger partial charge in [0, 0.05) is 0 Å². The van der Waals surface area contributed by atoms with Crippen LogP contribution in [0.5, 0.6) is 5.75 Å². The maximum atomic E-state index is 11.6. The summed E-state index contributed by atoms with van der Waals surface area (Å²) in [6.45, 7) is 6.01. The lowest BCUT2D eigenvalue weighted by atomic mass is 10.0. The molecule has 1 aromatic carbocycles. The van der Waals surface area contributed by atoms with Crippen LogP contribution in [0.15, 0.2) is 12.1 Å². The summed E-state index contributed by atoms with van der Waals surface area (Å²) in [4.78, 5) is 11.6. The fraction of sp³-hybridized carbons (Fsp3) is 0.417. The van der Waals surface area contributed by atoms with Gasteiger partial charge in [-0.1, -0.05) is 0 Å². The Hall–Kier alpha value is -1.51. The number of hydrogen-bond acceptors (Lipinski definition) is 3. The maximum absolute atomic E-state index is 11.6. The van der Waals surface area contributed by atoms with E-state index in [1.165, 1.54) is 0 Å². The molecule has 0 aliphatic carbocycles. The Bertz CT molecular complexity index is 369. The predicted octanol–water partition coefficient (Wildman–Crippen LogP) is 2.49. The molecule has 0 spiro atoms.